The number of esters is 3. The van der Waals surface area contributed by atoms with Crippen molar-refractivity contribution in [2.45, 2.75) is 38.9 Å². The first-order chi connectivity index (χ1) is 11.6. The number of hydrogen-bond acceptors (Lipinski definition) is 9. The molecule has 9 heteroatoms. The van der Waals surface area contributed by atoms with Gasteiger partial charge < -0.3 is 14.2 Å². The SMILES string of the molecule is C=CCOC(=O)C(=O)OOC(C)(C)CC(C)OC(=O)C(=O)OCC=C. The largest absolute Gasteiger partial charge is 0.454 e. The zero-order valence-electron chi connectivity index (χ0n) is 14.4. The van der Waals surface area contributed by atoms with Gasteiger partial charge in [0, 0.05) is 6.42 Å². The van der Waals surface area contributed by atoms with Crippen molar-refractivity contribution in [1.82, 2.24) is 0 Å². The molecule has 25 heavy (non-hydrogen) atoms. The first-order valence-corrected chi connectivity index (χ1v) is 7.29. The Morgan fingerprint density at radius 2 is 1.40 bits per heavy atom. The molecule has 0 aromatic rings. The number of ether oxygens (including phenoxy) is 3. The van der Waals surface area contributed by atoms with Crippen molar-refractivity contribution in [1.29, 1.82) is 0 Å². The van der Waals surface area contributed by atoms with Gasteiger partial charge in [0.25, 0.3) is 0 Å². The predicted molar refractivity (Wildman–Crippen MR) is 83.7 cm³/mol. The van der Waals surface area contributed by atoms with Crippen molar-refractivity contribution in [3.8, 4) is 0 Å². The number of carbonyl (C=O) groups excluding carboxylic acids is 4. The molecule has 0 rings (SSSR count). The van der Waals surface area contributed by atoms with Crippen molar-refractivity contribution >= 4 is 23.9 Å². The molecule has 0 heterocycles. The highest BCUT2D eigenvalue weighted by molar-refractivity contribution is 6.30. The van der Waals surface area contributed by atoms with Gasteiger partial charge in [-0.25, -0.2) is 19.2 Å². The molecule has 0 N–H and O–H groups in total. The Hall–Kier alpha value is -2.68. The topological polar surface area (TPSA) is 114 Å². The molecule has 0 aliphatic rings. The van der Waals surface area contributed by atoms with Gasteiger partial charge in [0.05, 0.1) is 0 Å². The Balaban J connectivity index is 4.36. The van der Waals surface area contributed by atoms with Crippen LogP contribution in [-0.2, 0) is 43.2 Å². The van der Waals surface area contributed by atoms with E-state index in [9.17, 15) is 19.2 Å². The fourth-order valence-electron chi connectivity index (χ4n) is 1.57. The third-order valence-corrected chi connectivity index (χ3v) is 2.43. The highest BCUT2D eigenvalue weighted by Crippen LogP contribution is 2.19. The molecular weight excluding hydrogens is 336 g/mol. The van der Waals surface area contributed by atoms with Crippen LogP contribution in [0.2, 0.25) is 0 Å². The lowest BCUT2D eigenvalue weighted by atomic mass is 10.0. The molecule has 1 atom stereocenters. The first-order valence-electron chi connectivity index (χ1n) is 7.29. The van der Waals surface area contributed by atoms with Gasteiger partial charge in [-0.3, -0.25) is 4.89 Å². The van der Waals surface area contributed by atoms with Crippen molar-refractivity contribution in [3.63, 3.8) is 0 Å². The summed E-state index contributed by atoms with van der Waals surface area (Å²) in [7, 11) is 0. The average Bonchev–Trinajstić information content (AvgIpc) is 2.54. The van der Waals surface area contributed by atoms with E-state index in [1.165, 1.54) is 32.9 Å². The zero-order valence-corrected chi connectivity index (χ0v) is 14.4. The lowest BCUT2D eigenvalue weighted by Gasteiger charge is -2.25. The fourth-order valence-corrected chi connectivity index (χ4v) is 1.57. The summed E-state index contributed by atoms with van der Waals surface area (Å²) in [6.07, 6.45) is 1.89. The van der Waals surface area contributed by atoms with Gasteiger partial charge >= 0.3 is 23.9 Å². The Morgan fingerprint density at radius 1 is 0.920 bits per heavy atom. The molecule has 0 saturated heterocycles. The third-order valence-electron chi connectivity index (χ3n) is 2.43. The average molecular weight is 358 g/mol. The summed E-state index contributed by atoms with van der Waals surface area (Å²) in [6, 6.07) is 0. The second-order valence-corrected chi connectivity index (χ2v) is 5.41. The number of carbonyl (C=O) groups is 4. The maximum Gasteiger partial charge on any atom is 0.449 e. The van der Waals surface area contributed by atoms with Crippen LogP contribution in [-0.4, -0.2) is 48.8 Å². The molecule has 0 bridgehead atoms. The Bertz CT molecular complexity index is 522. The summed E-state index contributed by atoms with van der Waals surface area (Å²) in [5.74, 6) is -4.90. The van der Waals surface area contributed by atoms with E-state index in [4.69, 9.17) is 9.62 Å². The van der Waals surface area contributed by atoms with Gasteiger partial charge in [0.15, 0.2) is 0 Å². The summed E-state index contributed by atoms with van der Waals surface area (Å²) < 4.78 is 13.9. The van der Waals surface area contributed by atoms with Crippen LogP contribution in [0.3, 0.4) is 0 Å². The molecule has 140 valence electrons. The molecule has 0 spiro atoms. The lowest BCUT2D eigenvalue weighted by molar-refractivity contribution is -0.327. The van der Waals surface area contributed by atoms with Crippen LogP contribution in [0.15, 0.2) is 25.3 Å². The van der Waals surface area contributed by atoms with Crippen LogP contribution in [0.5, 0.6) is 0 Å². The van der Waals surface area contributed by atoms with E-state index < -0.39 is 35.6 Å². The van der Waals surface area contributed by atoms with Crippen LogP contribution in [0.1, 0.15) is 27.2 Å². The second-order valence-electron chi connectivity index (χ2n) is 5.41. The monoisotopic (exact) mass is 358 g/mol. The predicted octanol–water partition coefficient (Wildman–Crippen LogP) is 1.02. The van der Waals surface area contributed by atoms with E-state index in [1.54, 1.807) is 0 Å². The Kier molecular flexibility index (Phi) is 9.80. The number of hydrogen-bond donors (Lipinski definition) is 0. The summed E-state index contributed by atoms with van der Waals surface area (Å²) in [5, 5.41) is 0. The number of rotatable bonds is 9. The maximum absolute atomic E-state index is 11.5. The van der Waals surface area contributed by atoms with Gasteiger partial charge in [-0.2, -0.15) is 4.89 Å². The fraction of sp³-hybridized carbons (Fsp3) is 0.500. The van der Waals surface area contributed by atoms with Crippen LogP contribution < -0.4 is 0 Å². The standard InChI is InChI=1S/C16H22O9/c1-6-8-21-12(17)14(19)23-11(3)10-16(4,5)25-24-15(20)13(18)22-9-7-2/h6-7,11H,1-2,8-10H2,3-5H3. The summed E-state index contributed by atoms with van der Waals surface area (Å²) >= 11 is 0. The van der Waals surface area contributed by atoms with Crippen molar-refractivity contribution in [2.75, 3.05) is 13.2 Å². The molecule has 0 aliphatic heterocycles. The van der Waals surface area contributed by atoms with Crippen molar-refractivity contribution in [3.05, 3.63) is 25.3 Å². The zero-order chi connectivity index (χ0) is 19.5. The van der Waals surface area contributed by atoms with Crippen LogP contribution >= 0.6 is 0 Å². The van der Waals surface area contributed by atoms with Gasteiger partial charge in [-0.15, -0.1) is 0 Å². The Labute approximate surface area is 145 Å². The normalized spacial score (nSPS) is 11.6. The molecule has 9 nitrogen and oxygen atoms in total. The van der Waals surface area contributed by atoms with E-state index in [0.29, 0.717) is 0 Å². The lowest BCUT2D eigenvalue weighted by Crippen LogP contribution is -2.35. The Morgan fingerprint density at radius 3 is 1.88 bits per heavy atom. The molecule has 0 aromatic heterocycles. The highest BCUT2D eigenvalue weighted by Gasteiger charge is 2.30. The molecule has 0 amide bonds. The molecule has 1 unspecified atom stereocenters. The van der Waals surface area contributed by atoms with Gasteiger partial charge in [-0.1, -0.05) is 25.3 Å². The van der Waals surface area contributed by atoms with Crippen molar-refractivity contribution < 1.29 is 43.2 Å². The first kappa shape index (κ1) is 22.3. The minimum absolute atomic E-state index is 0.0580. The second kappa shape index (κ2) is 11.0. The smallest absolute Gasteiger partial charge is 0.449 e. The molecular formula is C16H22O9. The molecule has 0 aliphatic carbocycles. The van der Waals surface area contributed by atoms with Crippen molar-refractivity contribution in [2.24, 2.45) is 0 Å². The minimum atomic E-state index is -1.34. The van der Waals surface area contributed by atoms with E-state index in [1.807, 2.05) is 0 Å². The molecule has 0 aromatic carbocycles. The van der Waals surface area contributed by atoms with Crippen LogP contribution in [0.25, 0.3) is 0 Å². The third kappa shape index (κ3) is 9.92. The molecule has 0 fully saturated rings. The van der Waals surface area contributed by atoms with E-state index >= 15 is 0 Å². The summed E-state index contributed by atoms with van der Waals surface area (Å²) in [5.41, 5.74) is -1.11. The van der Waals surface area contributed by atoms with Gasteiger partial charge in [-0.05, 0) is 20.8 Å². The quantitative estimate of drug-likeness (QED) is 0.149. The van der Waals surface area contributed by atoms with Gasteiger partial charge in [0.2, 0.25) is 0 Å². The maximum atomic E-state index is 11.5. The highest BCUT2D eigenvalue weighted by atomic mass is 17.2. The summed E-state index contributed by atoms with van der Waals surface area (Å²) in [6.45, 7) is 11.0. The van der Waals surface area contributed by atoms with Crippen LogP contribution in [0, 0.1) is 0 Å². The van der Waals surface area contributed by atoms with E-state index in [-0.39, 0.29) is 19.6 Å². The molecule has 0 saturated carbocycles. The van der Waals surface area contributed by atoms with Crippen LogP contribution in [0.4, 0.5) is 0 Å². The van der Waals surface area contributed by atoms with Gasteiger partial charge in [0.1, 0.15) is 24.9 Å². The van der Waals surface area contributed by atoms with E-state index in [0.717, 1.165) is 0 Å². The summed E-state index contributed by atoms with van der Waals surface area (Å²) in [4.78, 5) is 54.5. The molecule has 0 radical (unpaired) electrons. The minimum Gasteiger partial charge on any atom is -0.454 e. The van der Waals surface area contributed by atoms with E-state index in [2.05, 4.69) is 27.5 Å².